The van der Waals surface area contributed by atoms with Crippen LogP contribution in [0.2, 0.25) is 0 Å². The Kier molecular flexibility index (Phi) is 3.33. The van der Waals surface area contributed by atoms with E-state index < -0.39 is 0 Å². The van der Waals surface area contributed by atoms with E-state index >= 15 is 0 Å². The minimum absolute atomic E-state index is 0.205. The number of rotatable bonds is 1. The third kappa shape index (κ3) is 2.35. The van der Waals surface area contributed by atoms with E-state index in [9.17, 15) is 4.79 Å². The van der Waals surface area contributed by atoms with Crippen LogP contribution in [0.15, 0.2) is 18.2 Å². The first kappa shape index (κ1) is 12.9. The summed E-state index contributed by atoms with van der Waals surface area (Å²) in [7, 11) is 1.90. The molecule has 1 aromatic carbocycles. The van der Waals surface area contributed by atoms with Gasteiger partial charge in [-0.25, -0.2) is 0 Å². The zero-order valence-corrected chi connectivity index (χ0v) is 11.7. The summed E-state index contributed by atoms with van der Waals surface area (Å²) in [5.74, 6) is 0.205. The Morgan fingerprint density at radius 1 is 1.33 bits per heavy atom. The lowest BCUT2D eigenvalue weighted by Gasteiger charge is -2.34. The van der Waals surface area contributed by atoms with Gasteiger partial charge in [0.2, 0.25) is 5.91 Å². The molecule has 1 aliphatic rings. The molecule has 1 heterocycles. The average Bonchev–Trinajstić information content (AvgIpc) is 2.35. The van der Waals surface area contributed by atoms with E-state index in [0.29, 0.717) is 0 Å². The summed E-state index contributed by atoms with van der Waals surface area (Å²) in [5.41, 5.74) is 3.08. The largest absolute Gasteiger partial charge is 0.388 e. The molecule has 0 atom stereocenters. The molecule has 3 heteroatoms. The van der Waals surface area contributed by atoms with E-state index in [0.717, 1.165) is 30.8 Å². The zero-order valence-electron chi connectivity index (χ0n) is 11.7. The fourth-order valence-corrected chi connectivity index (χ4v) is 2.35. The van der Waals surface area contributed by atoms with E-state index in [1.165, 1.54) is 5.56 Å². The average molecular weight is 246 g/mol. The Labute approximate surface area is 109 Å². The van der Waals surface area contributed by atoms with E-state index in [1.54, 1.807) is 0 Å². The molecule has 0 radical (unpaired) electrons. The van der Waals surface area contributed by atoms with Crippen LogP contribution in [-0.4, -0.2) is 19.5 Å². The molecule has 0 aromatic heterocycles. The van der Waals surface area contributed by atoms with Gasteiger partial charge >= 0.3 is 0 Å². The van der Waals surface area contributed by atoms with Gasteiger partial charge < -0.3 is 10.2 Å². The highest BCUT2D eigenvalue weighted by Gasteiger charge is 2.30. The maximum absolute atomic E-state index is 12.5. The van der Waals surface area contributed by atoms with Gasteiger partial charge in [0.05, 0.1) is 0 Å². The highest BCUT2D eigenvalue weighted by atomic mass is 16.2. The van der Waals surface area contributed by atoms with Crippen LogP contribution in [0.25, 0.3) is 0 Å². The summed E-state index contributed by atoms with van der Waals surface area (Å²) < 4.78 is 0. The molecule has 0 bridgehead atoms. The first-order valence-corrected chi connectivity index (χ1v) is 6.56. The van der Waals surface area contributed by atoms with E-state index in [2.05, 4.69) is 23.5 Å². The topological polar surface area (TPSA) is 32.3 Å². The van der Waals surface area contributed by atoms with Gasteiger partial charge in [0, 0.05) is 30.4 Å². The Hall–Kier alpha value is -1.51. The van der Waals surface area contributed by atoms with Crippen LogP contribution in [0.1, 0.15) is 32.8 Å². The molecule has 3 nitrogen and oxygen atoms in total. The third-order valence-corrected chi connectivity index (χ3v) is 3.38. The van der Waals surface area contributed by atoms with E-state index in [1.807, 2.05) is 32.7 Å². The molecule has 18 heavy (non-hydrogen) atoms. The number of aryl methyl sites for hydroxylation is 1. The summed E-state index contributed by atoms with van der Waals surface area (Å²) in [6.07, 6.45) is 2.11. The first-order valence-electron chi connectivity index (χ1n) is 6.56. The van der Waals surface area contributed by atoms with Crippen molar-refractivity contribution in [1.29, 1.82) is 0 Å². The van der Waals surface area contributed by atoms with Crippen molar-refractivity contribution in [3.63, 3.8) is 0 Å². The molecule has 1 aromatic rings. The Balaban J connectivity index is 2.40. The minimum Gasteiger partial charge on any atom is -0.388 e. The van der Waals surface area contributed by atoms with Gasteiger partial charge in [-0.15, -0.1) is 0 Å². The lowest BCUT2D eigenvalue weighted by atomic mass is 9.92. The van der Waals surface area contributed by atoms with E-state index in [-0.39, 0.29) is 11.3 Å². The number of anilines is 2. The molecule has 0 unspecified atom stereocenters. The molecule has 0 aliphatic carbocycles. The van der Waals surface area contributed by atoms with Gasteiger partial charge in [-0.3, -0.25) is 4.79 Å². The van der Waals surface area contributed by atoms with Gasteiger partial charge in [-0.05, 0) is 30.5 Å². The van der Waals surface area contributed by atoms with E-state index in [4.69, 9.17) is 0 Å². The van der Waals surface area contributed by atoms with Gasteiger partial charge in [0.1, 0.15) is 0 Å². The van der Waals surface area contributed by atoms with Crippen LogP contribution >= 0.6 is 0 Å². The van der Waals surface area contributed by atoms with Crippen molar-refractivity contribution >= 4 is 17.3 Å². The predicted octanol–water partition coefficient (Wildman–Crippen LogP) is 3.05. The number of benzene rings is 1. The molecular formula is C15H22N2O. The van der Waals surface area contributed by atoms with Crippen molar-refractivity contribution in [3.8, 4) is 0 Å². The van der Waals surface area contributed by atoms with Gasteiger partial charge in [-0.2, -0.15) is 0 Å². The van der Waals surface area contributed by atoms with Crippen LogP contribution < -0.4 is 10.2 Å². The highest BCUT2D eigenvalue weighted by molar-refractivity contribution is 5.98. The number of carbonyl (C=O) groups is 1. The molecule has 0 spiro atoms. The number of hydrogen-bond donors (Lipinski definition) is 1. The lowest BCUT2D eigenvalue weighted by Crippen LogP contribution is -2.42. The van der Waals surface area contributed by atoms with Crippen LogP contribution in [0, 0.1) is 5.41 Å². The molecule has 0 saturated heterocycles. The fraction of sp³-hybridized carbons (Fsp3) is 0.533. The minimum atomic E-state index is -0.329. The summed E-state index contributed by atoms with van der Waals surface area (Å²) in [5, 5.41) is 3.14. The van der Waals surface area contributed by atoms with Crippen molar-refractivity contribution in [3.05, 3.63) is 23.8 Å². The van der Waals surface area contributed by atoms with Crippen molar-refractivity contribution in [1.82, 2.24) is 0 Å². The summed E-state index contributed by atoms with van der Waals surface area (Å²) in [6.45, 7) is 6.76. The molecular weight excluding hydrogens is 224 g/mol. The van der Waals surface area contributed by atoms with Crippen LogP contribution in [-0.2, 0) is 11.2 Å². The Bertz CT molecular complexity index is 460. The SMILES string of the molecule is CNc1ccc2c(c1)N(C(=O)C(C)(C)C)CCC2. The zero-order chi connectivity index (χ0) is 13.3. The summed E-state index contributed by atoms with van der Waals surface area (Å²) >= 11 is 0. The molecule has 0 fully saturated rings. The highest BCUT2D eigenvalue weighted by Crippen LogP contribution is 2.32. The number of nitrogens with one attached hydrogen (secondary N) is 1. The van der Waals surface area contributed by atoms with Gasteiger partial charge in [0.15, 0.2) is 0 Å². The normalized spacial score (nSPS) is 15.2. The second kappa shape index (κ2) is 4.63. The molecule has 1 aliphatic heterocycles. The monoisotopic (exact) mass is 246 g/mol. The molecule has 1 amide bonds. The van der Waals surface area contributed by atoms with Crippen LogP contribution in [0.4, 0.5) is 11.4 Å². The number of amides is 1. The Morgan fingerprint density at radius 2 is 2.06 bits per heavy atom. The lowest BCUT2D eigenvalue weighted by molar-refractivity contribution is -0.125. The fourth-order valence-electron chi connectivity index (χ4n) is 2.35. The number of fused-ring (bicyclic) bond motifs is 1. The van der Waals surface area contributed by atoms with Gasteiger partial charge in [-0.1, -0.05) is 26.8 Å². The number of hydrogen-bond acceptors (Lipinski definition) is 2. The first-order chi connectivity index (χ1) is 8.43. The van der Waals surface area contributed by atoms with Crippen molar-refractivity contribution in [2.75, 3.05) is 23.8 Å². The van der Waals surface area contributed by atoms with Crippen molar-refractivity contribution in [2.45, 2.75) is 33.6 Å². The second-order valence-corrected chi connectivity index (χ2v) is 5.90. The van der Waals surface area contributed by atoms with Crippen LogP contribution in [0.3, 0.4) is 0 Å². The van der Waals surface area contributed by atoms with Crippen molar-refractivity contribution in [2.24, 2.45) is 5.41 Å². The maximum Gasteiger partial charge on any atom is 0.232 e. The molecule has 1 N–H and O–H groups in total. The Morgan fingerprint density at radius 3 is 2.67 bits per heavy atom. The number of nitrogens with zero attached hydrogens (tertiary/aromatic N) is 1. The maximum atomic E-state index is 12.5. The molecule has 98 valence electrons. The molecule has 2 rings (SSSR count). The van der Waals surface area contributed by atoms with Crippen molar-refractivity contribution < 1.29 is 4.79 Å². The standard InChI is InChI=1S/C15H22N2O/c1-15(2,3)14(18)17-9-5-6-11-7-8-12(16-4)10-13(11)17/h7-8,10,16H,5-6,9H2,1-4H3. The quantitative estimate of drug-likeness (QED) is 0.826. The second-order valence-electron chi connectivity index (χ2n) is 5.90. The summed E-state index contributed by atoms with van der Waals surface area (Å²) in [6, 6.07) is 6.28. The third-order valence-electron chi connectivity index (χ3n) is 3.38. The number of carbonyl (C=O) groups excluding carboxylic acids is 1. The predicted molar refractivity (Wildman–Crippen MR) is 76.1 cm³/mol. The van der Waals surface area contributed by atoms with Crippen LogP contribution in [0.5, 0.6) is 0 Å². The smallest absolute Gasteiger partial charge is 0.232 e. The van der Waals surface area contributed by atoms with Gasteiger partial charge in [0.25, 0.3) is 0 Å². The molecule has 0 saturated carbocycles. The summed E-state index contributed by atoms with van der Waals surface area (Å²) in [4.78, 5) is 14.4.